The molecule has 0 amide bonds. The zero-order chi connectivity index (χ0) is 39.7. The number of ether oxygens (including phenoxy) is 6. The molecule has 15 heteroatoms. The van der Waals surface area contributed by atoms with Gasteiger partial charge >= 0.3 is 5.97 Å². The third-order valence-electron chi connectivity index (χ3n) is 12.0. The second-order valence-corrected chi connectivity index (χ2v) is 16.6. The minimum absolute atomic E-state index is 0.0657. The number of likely N-dealkylation sites (N-methyl/N-ethyl adjacent to an activating group) is 1. The van der Waals surface area contributed by atoms with Gasteiger partial charge in [-0.2, -0.15) is 0 Å². The Hall–Kier alpha value is -1.50. The van der Waals surface area contributed by atoms with Crippen molar-refractivity contribution in [2.75, 3.05) is 21.2 Å². The minimum Gasteiger partial charge on any atom is -0.459 e. The molecule has 15 nitrogen and oxygen atoms in total. The predicted molar refractivity (Wildman–Crippen MR) is 190 cm³/mol. The van der Waals surface area contributed by atoms with E-state index in [1.807, 2.05) is 25.9 Å². The Labute approximate surface area is 309 Å². The first kappa shape index (κ1) is 44.9. The maximum atomic E-state index is 14.1. The average molecular weight is 749 g/mol. The number of aliphatic hydroxyl groups excluding tert-OH is 3. The Balaban J connectivity index is 2.21. The van der Waals surface area contributed by atoms with Crippen molar-refractivity contribution in [3.8, 4) is 0 Å². The summed E-state index contributed by atoms with van der Waals surface area (Å²) in [4.78, 5) is 16.0. The van der Waals surface area contributed by atoms with Crippen molar-refractivity contribution >= 4 is 11.7 Å². The monoisotopic (exact) mass is 748 g/mol. The maximum Gasteiger partial charge on any atom is 0.311 e. The highest BCUT2D eigenvalue weighted by atomic mass is 16.7. The van der Waals surface area contributed by atoms with Crippen LogP contribution in [0.3, 0.4) is 0 Å². The van der Waals surface area contributed by atoms with Gasteiger partial charge in [-0.25, -0.2) is 0 Å². The van der Waals surface area contributed by atoms with Crippen molar-refractivity contribution < 1.29 is 64.0 Å². The highest BCUT2D eigenvalue weighted by Gasteiger charge is 2.53. The van der Waals surface area contributed by atoms with E-state index in [-0.39, 0.29) is 37.1 Å². The van der Waals surface area contributed by atoms with Gasteiger partial charge in [0.1, 0.15) is 23.9 Å². The number of carbonyl (C=O) groups is 1. The molecule has 6 N–H and O–H groups in total. The molecule has 0 radical (unpaired) electrons. The van der Waals surface area contributed by atoms with Crippen molar-refractivity contribution in [2.24, 2.45) is 28.8 Å². The molecular formula is C37H68N2O13. The lowest BCUT2D eigenvalue weighted by atomic mass is 9.73. The normalized spacial score (nSPS) is 49.8. The number of cyclic esters (lactones) is 1. The number of oxime groups is 1. The average Bonchev–Trinajstić information content (AvgIpc) is 3.06. The van der Waals surface area contributed by atoms with Crippen LogP contribution in [0.25, 0.3) is 0 Å². The minimum atomic E-state index is -1.97. The number of nitrogens with zero attached hydrogens (tertiary/aromatic N) is 2. The van der Waals surface area contributed by atoms with Crippen molar-refractivity contribution in [1.82, 2.24) is 4.90 Å². The summed E-state index contributed by atoms with van der Waals surface area (Å²) in [6.07, 6.45) is -9.51. The lowest BCUT2D eigenvalue weighted by molar-refractivity contribution is -0.317. The standard InChI is InChI=1S/C37H68N2O13/c1-14-25-37(10,45)30(41)20(4)27(38-46)18(2)16-35(8,44)32(52-34-28(40)24(39(11)12)15-19(3)48-34)21(5)29(22(6)33(43)50-25)51-26-17-36(9,47-13)31(42)23(7)49-26/h18-26,28-32,34,40-42,44-46H,14-17H2,1-13H3/b38-27-/t18-,19+,20+,21+,22+,23+,24-,25+,26+,28+,29+,30+,31+,32-,34+,35-,36-,37-/m0/s1. The van der Waals surface area contributed by atoms with Crippen LogP contribution >= 0.6 is 0 Å². The Morgan fingerprint density at radius 1 is 0.923 bits per heavy atom. The van der Waals surface area contributed by atoms with E-state index in [0.717, 1.165) is 0 Å². The molecule has 18 atom stereocenters. The first-order valence-electron chi connectivity index (χ1n) is 18.7. The van der Waals surface area contributed by atoms with Crippen molar-refractivity contribution in [2.45, 2.75) is 179 Å². The Bertz CT molecular complexity index is 1200. The summed E-state index contributed by atoms with van der Waals surface area (Å²) in [5, 5.41) is 71.8. The maximum absolute atomic E-state index is 14.1. The molecule has 3 aliphatic rings. The molecule has 0 aromatic rings. The van der Waals surface area contributed by atoms with Gasteiger partial charge in [-0.3, -0.25) is 4.79 Å². The third kappa shape index (κ3) is 9.47. The highest BCUT2D eigenvalue weighted by Crippen LogP contribution is 2.41. The number of rotatable bonds is 7. The van der Waals surface area contributed by atoms with Gasteiger partial charge in [0.25, 0.3) is 0 Å². The molecule has 0 aliphatic carbocycles. The van der Waals surface area contributed by atoms with Crippen LogP contribution in [-0.4, -0.2) is 153 Å². The van der Waals surface area contributed by atoms with Gasteiger partial charge in [-0.05, 0) is 74.9 Å². The smallest absolute Gasteiger partial charge is 0.311 e. The highest BCUT2D eigenvalue weighted by molar-refractivity contribution is 5.88. The number of esters is 1. The molecule has 3 saturated heterocycles. The molecule has 3 fully saturated rings. The van der Waals surface area contributed by atoms with Crippen LogP contribution in [0.1, 0.15) is 94.9 Å². The van der Waals surface area contributed by atoms with Crippen LogP contribution in [0.5, 0.6) is 0 Å². The van der Waals surface area contributed by atoms with Gasteiger partial charge in [0.2, 0.25) is 0 Å². The van der Waals surface area contributed by atoms with Gasteiger partial charge in [-0.15, -0.1) is 0 Å². The van der Waals surface area contributed by atoms with Crippen LogP contribution in [0.4, 0.5) is 0 Å². The second-order valence-electron chi connectivity index (χ2n) is 16.6. The van der Waals surface area contributed by atoms with Crippen molar-refractivity contribution in [3.63, 3.8) is 0 Å². The zero-order valence-electron chi connectivity index (χ0n) is 33.4. The molecule has 3 rings (SSSR count). The summed E-state index contributed by atoms with van der Waals surface area (Å²) in [6.45, 7) is 16.6. The summed E-state index contributed by atoms with van der Waals surface area (Å²) >= 11 is 0. The molecule has 3 aliphatic heterocycles. The van der Waals surface area contributed by atoms with E-state index < -0.39 is 102 Å². The summed E-state index contributed by atoms with van der Waals surface area (Å²) in [5.41, 5.74) is -4.68. The fourth-order valence-corrected chi connectivity index (χ4v) is 8.61. The van der Waals surface area contributed by atoms with Crippen LogP contribution in [0.2, 0.25) is 0 Å². The van der Waals surface area contributed by atoms with Crippen molar-refractivity contribution in [3.05, 3.63) is 0 Å². The Morgan fingerprint density at radius 3 is 2.08 bits per heavy atom. The largest absolute Gasteiger partial charge is 0.459 e. The van der Waals surface area contributed by atoms with Gasteiger partial charge in [0, 0.05) is 37.3 Å². The Kier molecular flexibility index (Phi) is 15.1. The number of hydrogen-bond acceptors (Lipinski definition) is 15. The fraction of sp³-hybridized carbons (Fsp3) is 0.946. The fourth-order valence-electron chi connectivity index (χ4n) is 8.61. The van der Waals surface area contributed by atoms with Gasteiger partial charge in [-0.1, -0.05) is 32.9 Å². The van der Waals surface area contributed by atoms with E-state index in [9.17, 15) is 35.5 Å². The lowest BCUT2D eigenvalue weighted by Crippen LogP contribution is -2.61. The predicted octanol–water partition coefficient (Wildman–Crippen LogP) is 2.05. The van der Waals surface area contributed by atoms with Gasteiger partial charge in [0.15, 0.2) is 12.6 Å². The first-order chi connectivity index (χ1) is 24.0. The molecule has 0 unspecified atom stereocenters. The lowest BCUT2D eigenvalue weighted by Gasteiger charge is -2.49. The summed E-state index contributed by atoms with van der Waals surface area (Å²) in [6, 6.07) is -0.322. The molecular weight excluding hydrogens is 680 g/mol. The zero-order valence-corrected chi connectivity index (χ0v) is 33.4. The number of carbonyl (C=O) groups excluding carboxylic acids is 1. The number of aliphatic hydroxyl groups is 5. The van der Waals surface area contributed by atoms with E-state index in [2.05, 4.69) is 5.16 Å². The number of methoxy groups -OCH3 is 1. The van der Waals surface area contributed by atoms with Crippen molar-refractivity contribution in [1.29, 1.82) is 0 Å². The molecule has 0 saturated carbocycles. The summed E-state index contributed by atoms with van der Waals surface area (Å²) in [5.74, 6) is -4.24. The molecule has 0 spiro atoms. The van der Waals surface area contributed by atoms with Crippen LogP contribution in [-0.2, 0) is 33.2 Å². The van der Waals surface area contributed by atoms with E-state index in [1.165, 1.54) is 14.0 Å². The van der Waals surface area contributed by atoms with Gasteiger partial charge in [0.05, 0.1) is 53.4 Å². The summed E-state index contributed by atoms with van der Waals surface area (Å²) in [7, 11) is 5.19. The van der Waals surface area contributed by atoms with E-state index >= 15 is 0 Å². The Morgan fingerprint density at radius 2 is 1.54 bits per heavy atom. The first-order valence-corrected chi connectivity index (χ1v) is 18.7. The summed E-state index contributed by atoms with van der Waals surface area (Å²) < 4.78 is 37.2. The molecule has 304 valence electrons. The third-order valence-corrected chi connectivity index (χ3v) is 12.0. The molecule has 3 heterocycles. The number of hydrogen-bond donors (Lipinski definition) is 6. The topological polar surface area (TPSA) is 209 Å². The van der Waals surface area contributed by atoms with E-state index in [4.69, 9.17) is 28.4 Å². The molecule has 0 bridgehead atoms. The molecule has 52 heavy (non-hydrogen) atoms. The van der Waals surface area contributed by atoms with Crippen LogP contribution in [0.15, 0.2) is 5.16 Å². The molecule has 0 aromatic heterocycles. The SMILES string of the molecule is CC[C@H]1OC(=O)[C@H](C)[C@H](O[C@@H]2C[C@](C)(OC)[C@H](O)[C@@H](C)O2)[C@@H](C)[C@H](O[C@H]2O[C@H](C)C[C@H](N(C)C)[C@H]2O)[C@@](C)(O)C[C@H](C)/C(=N/O)[C@@H](C)[C@@H](O)[C@@]1(C)O. The molecule has 0 aromatic carbocycles. The van der Waals surface area contributed by atoms with Crippen LogP contribution < -0.4 is 0 Å². The second kappa shape index (κ2) is 17.5. The van der Waals surface area contributed by atoms with Crippen LogP contribution in [0, 0.1) is 23.7 Å². The van der Waals surface area contributed by atoms with Gasteiger partial charge < -0.3 is 64.1 Å². The van der Waals surface area contributed by atoms with E-state index in [1.54, 1.807) is 55.4 Å². The van der Waals surface area contributed by atoms with E-state index in [0.29, 0.717) is 6.42 Å². The quantitative estimate of drug-likeness (QED) is 0.125.